The van der Waals surface area contributed by atoms with E-state index >= 15 is 0 Å². The molecular weight excluding hydrogens is 338 g/mol. The third kappa shape index (κ3) is 3.20. The molecule has 2 N–H and O–H groups in total. The number of esters is 1. The van der Waals surface area contributed by atoms with Gasteiger partial charge in [-0.25, -0.2) is 9.78 Å². The molecule has 0 aliphatic carbocycles. The number of phenols is 1. The first-order valence-corrected chi connectivity index (χ1v) is 8.02. The fraction of sp³-hybridized carbons (Fsp3) is 0.133. The molecule has 0 spiro atoms. The van der Waals surface area contributed by atoms with Crippen LogP contribution in [-0.4, -0.2) is 27.7 Å². The maximum atomic E-state index is 12.1. The van der Waals surface area contributed by atoms with Gasteiger partial charge in [-0.2, -0.15) is 4.98 Å². The second-order valence-corrected chi connectivity index (χ2v) is 5.76. The van der Waals surface area contributed by atoms with E-state index in [9.17, 15) is 9.90 Å². The molecule has 2 heterocycles. The number of carbonyl (C=O) groups excluding carboxylic acids is 1. The van der Waals surface area contributed by atoms with Crippen molar-refractivity contribution in [3.8, 4) is 5.75 Å². The van der Waals surface area contributed by atoms with Gasteiger partial charge >= 0.3 is 5.97 Å². The van der Waals surface area contributed by atoms with Crippen LogP contribution in [0.25, 0.3) is 10.2 Å². The van der Waals surface area contributed by atoms with E-state index in [2.05, 4.69) is 15.3 Å². The summed E-state index contributed by atoms with van der Waals surface area (Å²) in [5.74, 6) is 0.137. The number of aromatic hydroxyl groups is 1. The highest BCUT2D eigenvalue weighted by molar-refractivity contribution is 7.17. The van der Waals surface area contributed by atoms with Crippen LogP contribution in [0.1, 0.15) is 17.3 Å². The first-order valence-electron chi connectivity index (χ1n) is 6.76. The standard InChI is InChI=1S/C15H12ClN3O3S/c1-2-22-14(21)10-7-23-13-11(10)12(18-15(16)19-13)17-8-3-5-9(20)6-4-8/h3-7,20H,2H2,1H3,(H,17,18,19). The average molecular weight is 350 g/mol. The van der Waals surface area contributed by atoms with E-state index in [-0.39, 0.29) is 17.6 Å². The number of phenolic OH excluding ortho intramolecular Hbond substituents is 1. The summed E-state index contributed by atoms with van der Waals surface area (Å²) in [6.45, 7) is 2.03. The maximum Gasteiger partial charge on any atom is 0.339 e. The molecule has 0 saturated carbocycles. The molecular formula is C15H12ClN3O3S. The molecule has 6 nitrogen and oxygen atoms in total. The highest BCUT2D eigenvalue weighted by atomic mass is 35.5. The van der Waals surface area contributed by atoms with E-state index in [1.165, 1.54) is 11.3 Å². The fourth-order valence-electron chi connectivity index (χ4n) is 2.05. The summed E-state index contributed by atoms with van der Waals surface area (Å²) in [5.41, 5.74) is 1.09. The number of anilines is 2. The largest absolute Gasteiger partial charge is 0.508 e. The molecule has 118 valence electrons. The SMILES string of the molecule is CCOC(=O)c1csc2nc(Cl)nc(Nc3ccc(O)cc3)c12. The highest BCUT2D eigenvalue weighted by Crippen LogP contribution is 2.33. The highest BCUT2D eigenvalue weighted by Gasteiger charge is 2.19. The summed E-state index contributed by atoms with van der Waals surface area (Å²) < 4.78 is 5.06. The molecule has 3 aromatic rings. The van der Waals surface area contributed by atoms with Crippen molar-refractivity contribution in [2.24, 2.45) is 0 Å². The Morgan fingerprint density at radius 2 is 2.09 bits per heavy atom. The van der Waals surface area contributed by atoms with Crippen molar-refractivity contribution in [1.29, 1.82) is 0 Å². The van der Waals surface area contributed by atoms with Gasteiger partial charge in [0.1, 0.15) is 16.4 Å². The molecule has 1 aromatic carbocycles. The Morgan fingerprint density at radius 3 is 2.78 bits per heavy atom. The Kier molecular flexibility index (Phi) is 4.31. The Morgan fingerprint density at radius 1 is 1.35 bits per heavy atom. The van der Waals surface area contributed by atoms with Gasteiger partial charge in [-0.05, 0) is 42.8 Å². The van der Waals surface area contributed by atoms with Crippen molar-refractivity contribution >= 4 is 50.6 Å². The van der Waals surface area contributed by atoms with Crippen LogP contribution < -0.4 is 5.32 Å². The summed E-state index contributed by atoms with van der Waals surface area (Å²) in [6.07, 6.45) is 0. The lowest BCUT2D eigenvalue weighted by atomic mass is 10.2. The predicted octanol–water partition coefficient (Wildman–Crippen LogP) is 3.97. The lowest BCUT2D eigenvalue weighted by molar-refractivity contribution is 0.0529. The molecule has 0 atom stereocenters. The summed E-state index contributed by atoms with van der Waals surface area (Å²) in [5, 5.41) is 14.8. The smallest absolute Gasteiger partial charge is 0.339 e. The molecule has 0 bridgehead atoms. The topological polar surface area (TPSA) is 84.3 Å². The van der Waals surface area contributed by atoms with Crippen molar-refractivity contribution in [2.75, 3.05) is 11.9 Å². The van der Waals surface area contributed by atoms with E-state index in [1.54, 1.807) is 36.6 Å². The van der Waals surface area contributed by atoms with Crippen molar-refractivity contribution in [3.63, 3.8) is 0 Å². The number of benzene rings is 1. The minimum absolute atomic E-state index is 0.0797. The number of hydrogen-bond donors (Lipinski definition) is 2. The lowest BCUT2D eigenvalue weighted by Gasteiger charge is -2.09. The fourth-order valence-corrected chi connectivity index (χ4v) is 3.17. The van der Waals surface area contributed by atoms with Gasteiger partial charge in [0.05, 0.1) is 17.6 Å². The number of rotatable bonds is 4. The van der Waals surface area contributed by atoms with Gasteiger partial charge in [-0.3, -0.25) is 0 Å². The van der Waals surface area contributed by atoms with Gasteiger partial charge in [-0.15, -0.1) is 11.3 Å². The zero-order valence-corrected chi connectivity index (χ0v) is 13.6. The van der Waals surface area contributed by atoms with Crippen LogP contribution in [0.4, 0.5) is 11.5 Å². The Hall–Kier alpha value is -2.38. The molecule has 0 fully saturated rings. The minimum atomic E-state index is -0.432. The van der Waals surface area contributed by atoms with Gasteiger partial charge in [0.2, 0.25) is 5.28 Å². The Balaban J connectivity index is 2.08. The number of nitrogens with one attached hydrogen (secondary N) is 1. The summed E-state index contributed by atoms with van der Waals surface area (Å²) >= 11 is 7.25. The summed E-state index contributed by atoms with van der Waals surface area (Å²) in [6, 6.07) is 6.46. The molecule has 0 saturated heterocycles. The van der Waals surface area contributed by atoms with Crippen LogP contribution in [0.2, 0.25) is 5.28 Å². The van der Waals surface area contributed by atoms with E-state index in [0.29, 0.717) is 27.3 Å². The van der Waals surface area contributed by atoms with Crippen LogP contribution in [0.3, 0.4) is 0 Å². The quantitative estimate of drug-likeness (QED) is 0.421. The van der Waals surface area contributed by atoms with Crippen molar-refractivity contribution in [1.82, 2.24) is 9.97 Å². The van der Waals surface area contributed by atoms with Crippen LogP contribution in [-0.2, 0) is 4.74 Å². The van der Waals surface area contributed by atoms with Crippen molar-refractivity contribution in [2.45, 2.75) is 6.92 Å². The number of ether oxygens (including phenoxy) is 1. The lowest BCUT2D eigenvalue weighted by Crippen LogP contribution is -2.05. The van der Waals surface area contributed by atoms with Gasteiger partial charge < -0.3 is 15.2 Å². The zero-order valence-electron chi connectivity index (χ0n) is 12.0. The number of fused-ring (bicyclic) bond motifs is 1. The van der Waals surface area contributed by atoms with Crippen LogP contribution >= 0.6 is 22.9 Å². The molecule has 2 aromatic heterocycles. The molecule has 0 unspecified atom stereocenters. The second kappa shape index (κ2) is 6.39. The van der Waals surface area contributed by atoms with Crippen molar-refractivity contribution < 1.29 is 14.6 Å². The Bertz CT molecular complexity index is 864. The maximum absolute atomic E-state index is 12.1. The summed E-state index contributed by atoms with van der Waals surface area (Å²) in [7, 11) is 0. The molecule has 0 radical (unpaired) electrons. The predicted molar refractivity (Wildman–Crippen MR) is 89.8 cm³/mol. The molecule has 3 rings (SSSR count). The first-order chi connectivity index (χ1) is 11.1. The van der Waals surface area contributed by atoms with Gasteiger partial charge in [0.15, 0.2) is 0 Å². The van der Waals surface area contributed by atoms with Crippen LogP contribution in [0, 0.1) is 0 Å². The molecule has 0 aliphatic heterocycles. The van der Waals surface area contributed by atoms with Crippen molar-refractivity contribution in [3.05, 3.63) is 40.5 Å². The van der Waals surface area contributed by atoms with Gasteiger partial charge in [-0.1, -0.05) is 0 Å². The van der Waals surface area contributed by atoms with E-state index < -0.39 is 5.97 Å². The second-order valence-electron chi connectivity index (χ2n) is 4.56. The third-order valence-corrected chi connectivity index (χ3v) is 4.07. The number of halogens is 1. The van der Waals surface area contributed by atoms with E-state index in [1.807, 2.05) is 0 Å². The number of thiophene rings is 1. The number of carbonyl (C=O) groups is 1. The van der Waals surface area contributed by atoms with Crippen LogP contribution in [0.5, 0.6) is 5.75 Å². The zero-order chi connectivity index (χ0) is 16.4. The van der Waals surface area contributed by atoms with Crippen LogP contribution in [0.15, 0.2) is 29.6 Å². The normalized spacial score (nSPS) is 10.7. The summed E-state index contributed by atoms with van der Waals surface area (Å²) in [4.78, 5) is 21.0. The van der Waals surface area contributed by atoms with E-state index in [4.69, 9.17) is 16.3 Å². The number of aromatic nitrogens is 2. The molecule has 23 heavy (non-hydrogen) atoms. The average Bonchev–Trinajstić information content (AvgIpc) is 2.93. The Labute approximate surface area is 140 Å². The van der Waals surface area contributed by atoms with Gasteiger partial charge in [0, 0.05) is 11.1 Å². The third-order valence-electron chi connectivity index (χ3n) is 3.03. The molecule has 0 aliphatic rings. The molecule has 8 heteroatoms. The molecule has 0 amide bonds. The number of hydrogen-bond acceptors (Lipinski definition) is 7. The number of nitrogens with zero attached hydrogens (tertiary/aromatic N) is 2. The monoisotopic (exact) mass is 349 g/mol. The first kappa shape index (κ1) is 15.5. The van der Waals surface area contributed by atoms with Gasteiger partial charge in [0.25, 0.3) is 0 Å². The van der Waals surface area contributed by atoms with E-state index in [0.717, 1.165) is 0 Å². The minimum Gasteiger partial charge on any atom is -0.508 e.